The molecule has 0 N–H and O–H groups in total. The number of hydrogen-bond donors (Lipinski definition) is 0. The number of ether oxygens (including phenoxy) is 2. The molecule has 1 radical (unpaired) electrons. The van der Waals surface area contributed by atoms with E-state index in [0.717, 1.165) is 12.0 Å². The number of esters is 2. The standard InChI is InChI=1S/C18H23O5/c1-13(2)11-15-6-8-16(9-7-15)14(3)18(21)23-12-22-17(20)5-4-10-19/h6-9,13-14H,4-5,11-12H2,1-3H3. The first-order valence-electron chi connectivity index (χ1n) is 7.70. The van der Waals surface area contributed by atoms with Gasteiger partial charge < -0.3 is 9.47 Å². The van der Waals surface area contributed by atoms with Gasteiger partial charge in [0.1, 0.15) is 0 Å². The van der Waals surface area contributed by atoms with Crippen LogP contribution in [0.2, 0.25) is 0 Å². The highest BCUT2D eigenvalue weighted by molar-refractivity contribution is 5.78. The van der Waals surface area contributed by atoms with Crippen LogP contribution in [0.3, 0.4) is 0 Å². The zero-order valence-corrected chi connectivity index (χ0v) is 13.8. The van der Waals surface area contributed by atoms with Crippen molar-refractivity contribution in [2.75, 3.05) is 6.79 Å². The molecule has 1 rings (SSSR count). The second-order valence-corrected chi connectivity index (χ2v) is 5.80. The molecule has 0 fully saturated rings. The molecule has 0 aromatic heterocycles. The van der Waals surface area contributed by atoms with Gasteiger partial charge >= 0.3 is 11.9 Å². The predicted molar refractivity (Wildman–Crippen MR) is 85.4 cm³/mol. The lowest BCUT2D eigenvalue weighted by atomic mass is 9.97. The molecule has 1 aromatic carbocycles. The fourth-order valence-electron chi connectivity index (χ4n) is 2.05. The van der Waals surface area contributed by atoms with Gasteiger partial charge in [0.2, 0.25) is 6.79 Å². The average molecular weight is 319 g/mol. The van der Waals surface area contributed by atoms with Crippen LogP contribution < -0.4 is 0 Å². The van der Waals surface area contributed by atoms with Gasteiger partial charge in [0, 0.05) is 6.42 Å². The van der Waals surface area contributed by atoms with Crippen molar-refractivity contribution in [1.29, 1.82) is 0 Å². The first-order valence-corrected chi connectivity index (χ1v) is 7.70. The van der Waals surface area contributed by atoms with E-state index in [-0.39, 0.29) is 12.8 Å². The molecule has 0 aliphatic carbocycles. The van der Waals surface area contributed by atoms with Crippen molar-refractivity contribution in [3.8, 4) is 0 Å². The van der Waals surface area contributed by atoms with Crippen molar-refractivity contribution in [2.45, 2.75) is 46.0 Å². The maximum absolute atomic E-state index is 11.9. The first kappa shape index (κ1) is 18.9. The summed E-state index contributed by atoms with van der Waals surface area (Å²) >= 11 is 0. The fourth-order valence-corrected chi connectivity index (χ4v) is 2.05. The number of rotatable bonds is 9. The summed E-state index contributed by atoms with van der Waals surface area (Å²) in [6.07, 6.45) is 2.50. The summed E-state index contributed by atoms with van der Waals surface area (Å²) in [5.74, 6) is -0.914. The third kappa shape index (κ3) is 7.08. The Hall–Kier alpha value is -2.17. The van der Waals surface area contributed by atoms with Crippen LogP contribution in [0.4, 0.5) is 0 Å². The Morgan fingerprint density at radius 1 is 1.09 bits per heavy atom. The predicted octanol–water partition coefficient (Wildman–Crippen LogP) is 2.92. The van der Waals surface area contributed by atoms with Crippen LogP contribution >= 0.6 is 0 Å². The zero-order valence-electron chi connectivity index (χ0n) is 13.8. The van der Waals surface area contributed by atoms with Crippen LogP contribution in [0.15, 0.2) is 24.3 Å². The third-order valence-corrected chi connectivity index (χ3v) is 3.33. The van der Waals surface area contributed by atoms with Gasteiger partial charge in [0.15, 0.2) is 6.29 Å². The molecule has 0 spiro atoms. The van der Waals surface area contributed by atoms with Gasteiger partial charge in [-0.3, -0.25) is 14.4 Å². The maximum atomic E-state index is 11.9. The Morgan fingerprint density at radius 3 is 2.30 bits per heavy atom. The highest BCUT2D eigenvalue weighted by Gasteiger charge is 2.17. The van der Waals surface area contributed by atoms with E-state index in [9.17, 15) is 14.4 Å². The van der Waals surface area contributed by atoms with E-state index in [0.29, 0.717) is 5.92 Å². The Labute approximate surface area is 137 Å². The van der Waals surface area contributed by atoms with Gasteiger partial charge in [0.25, 0.3) is 0 Å². The van der Waals surface area contributed by atoms with Gasteiger partial charge in [-0.1, -0.05) is 38.1 Å². The number of hydrogen-bond acceptors (Lipinski definition) is 5. The number of benzene rings is 1. The van der Waals surface area contributed by atoms with Crippen LogP contribution in [0.25, 0.3) is 0 Å². The Morgan fingerprint density at radius 2 is 1.74 bits per heavy atom. The summed E-state index contributed by atoms with van der Waals surface area (Å²) in [5.41, 5.74) is 2.08. The van der Waals surface area contributed by atoms with Crippen LogP contribution in [0.1, 0.15) is 50.7 Å². The minimum atomic E-state index is -0.591. The highest BCUT2D eigenvalue weighted by atomic mass is 16.7. The lowest BCUT2D eigenvalue weighted by molar-refractivity contribution is -0.167. The molecule has 0 heterocycles. The van der Waals surface area contributed by atoms with E-state index >= 15 is 0 Å². The van der Waals surface area contributed by atoms with Gasteiger partial charge in [0.05, 0.1) is 12.3 Å². The molecule has 5 nitrogen and oxygen atoms in total. The molecule has 0 saturated heterocycles. The van der Waals surface area contributed by atoms with Crippen molar-refractivity contribution < 1.29 is 23.9 Å². The average Bonchev–Trinajstić information content (AvgIpc) is 2.52. The molecule has 1 atom stereocenters. The molecule has 0 saturated carbocycles. The highest BCUT2D eigenvalue weighted by Crippen LogP contribution is 2.18. The first-order chi connectivity index (χ1) is 10.9. The van der Waals surface area contributed by atoms with Crippen molar-refractivity contribution in [3.05, 3.63) is 35.4 Å². The normalized spacial score (nSPS) is 11.8. The largest absolute Gasteiger partial charge is 0.428 e. The topological polar surface area (TPSA) is 69.7 Å². The van der Waals surface area contributed by atoms with Crippen LogP contribution in [0.5, 0.6) is 0 Å². The fraction of sp³-hybridized carbons (Fsp3) is 0.500. The molecule has 0 aliphatic rings. The second-order valence-electron chi connectivity index (χ2n) is 5.80. The Balaban J connectivity index is 2.43. The van der Waals surface area contributed by atoms with E-state index < -0.39 is 24.6 Å². The molecular formula is C18H23O5. The van der Waals surface area contributed by atoms with Crippen LogP contribution in [-0.4, -0.2) is 25.0 Å². The summed E-state index contributed by atoms with van der Waals surface area (Å²) in [6.45, 7) is 5.61. The minimum Gasteiger partial charge on any atom is -0.428 e. The van der Waals surface area contributed by atoms with E-state index in [2.05, 4.69) is 13.8 Å². The smallest absolute Gasteiger partial charge is 0.316 e. The zero-order chi connectivity index (χ0) is 17.2. The van der Waals surface area contributed by atoms with E-state index in [1.807, 2.05) is 24.3 Å². The lowest BCUT2D eigenvalue weighted by Crippen LogP contribution is -2.17. The SMILES string of the molecule is CC(C)Cc1ccc(C(C)C(=O)OCOC(=O)CC[C]=O)cc1. The molecule has 5 heteroatoms. The van der Waals surface area contributed by atoms with Crippen LogP contribution in [-0.2, 0) is 30.3 Å². The Bertz CT molecular complexity index is 519. The second kappa shape index (κ2) is 9.77. The summed E-state index contributed by atoms with van der Waals surface area (Å²) in [6, 6.07) is 7.84. The van der Waals surface area contributed by atoms with E-state index in [1.54, 1.807) is 13.2 Å². The van der Waals surface area contributed by atoms with Crippen molar-refractivity contribution in [1.82, 2.24) is 0 Å². The maximum Gasteiger partial charge on any atom is 0.316 e. The van der Waals surface area contributed by atoms with Gasteiger partial charge in [-0.2, -0.15) is 0 Å². The summed E-state index contributed by atoms with van der Waals surface area (Å²) in [4.78, 5) is 33.1. The van der Waals surface area contributed by atoms with Crippen molar-refractivity contribution in [3.63, 3.8) is 0 Å². The monoisotopic (exact) mass is 319 g/mol. The molecule has 1 aromatic rings. The van der Waals surface area contributed by atoms with Gasteiger partial charge in [-0.25, -0.2) is 0 Å². The molecule has 23 heavy (non-hydrogen) atoms. The van der Waals surface area contributed by atoms with E-state index in [4.69, 9.17) is 9.47 Å². The minimum absolute atomic E-state index is 0.0219. The molecular weight excluding hydrogens is 296 g/mol. The number of carbonyl (C=O) groups excluding carboxylic acids is 3. The molecule has 125 valence electrons. The van der Waals surface area contributed by atoms with Crippen molar-refractivity contribution in [2.24, 2.45) is 5.92 Å². The summed E-state index contributed by atoms with van der Waals surface area (Å²) in [5, 5.41) is 0. The Kier molecular flexibility index (Phi) is 8.02. The third-order valence-electron chi connectivity index (χ3n) is 3.33. The molecule has 0 bridgehead atoms. The van der Waals surface area contributed by atoms with Gasteiger partial charge in [-0.05, 0) is 30.4 Å². The summed E-state index contributed by atoms with van der Waals surface area (Å²) < 4.78 is 9.63. The number of carbonyl (C=O) groups is 2. The quantitative estimate of drug-likeness (QED) is 0.517. The lowest BCUT2D eigenvalue weighted by Gasteiger charge is -2.13. The molecule has 1 unspecified atom stereocenters. The molecule has 0 amide bonds. The van der Waals surface area contributed by atoms with E-state index in [1.165, 1.54) is 5.56 Å². The summed E-state index contributed by atoms with van der Waals surface area (Å²) in [7, 11) is 0. The van der Waals surface area contributed by atoms with Crippen molar-refractivity contribution >= 4 is 18.2 Å². The van der Waals surface area contributed by atoms with Gasteiger partial charge in [-0.15, -0.1) is 0 Å². The van der Waals surface area contributed by atoms with Crippen LogP contribution in [0, 0.1) is 5.92 Å². The molecule has 0 aliphatic heterocycles.